The number of fused-ring (bicyclic) bond motifs is 1. The number of nitro groups is 1. The van der Waals surface area contributed by atoms with Crippen molar-refractivity contribution in [2.45, 2.75) is 0 Å². The molecule has 7 nitrogen and oxygen atoms in total. The molecule has 0 saturated carbocycles. The third-order valence-electron chi connectivity index (χ3n) is 3.91. The second kappa shape index (κ2) is 7.84. The van der Waals surface area contributed by atoms with Crippen LogP contribution in [0.5, 0.6) is 5.75 Å². The molecular weight excluding hydrogens is 370 g/mol. The van der Waals surface area contributed by atoms with Crippen LogP contribution in [-0.2, 0) is 0 Å². The Kier molecular flexibility index (Phi) is 5.33. The molecule has 27 heavy (non-hydrogen) atoms. The Balaban J connectivity index is 1.82. The summed E-state index contributed by atoms with van der Waals surface area (Å²) in [7, 11) is 1.60. The van der Waals surface area contributed by atoms with E-state index in [0.29, 0.717) is 0 Å². The number of nitro benzene ring substituents is 1. The average molecular weight is 384 g/mol. The number of ether oxygens (including phenoxy) is 1. The fourth-order valence-corrected chi connectivity index (χ4v) is 2.79. The Bertz CT molecular complexity index is 1070. The smallest absolute Gasteiger partial charge is 0.288 e. The van der Waals surface area contributed by atoms with Gasteiger partial charge in [-0.2, -0.15) is 5.10 Å². The lowest BCUT2D eigenvalue weighted by molar-refractivity contribution is -0.384. The number of nitrogens with zero attached hydrogens (tertiary/aromatic N) is 2. The fraction of sp³-hybridized carbons (Fsp3) is 0.0526. The van der Waals surface area contributed by atoms with Crippen LogP contribution in [-0.4, -0.2) is 24.2 Å². The summed E-state index contributed by atoms with van der Waals surface area (Å²) in [6, 6.07) is 15.1. The van der Waals surface area contributed by atoms with Gasteiger partial charge in [-0.25, -0.2) is 5.43 Å². The molecule has 0 atom stereocenters. The normalized spacial score (nSPS) is 10.9. The van der Waals surface area contributed by atoms with Crippen molar-refractivity contribution >= 4 is 40.2 Å². The molecule has 0 heterocycles. The second-order valence-corrected chi connectivity index (χ2v) is 5.93. The van der Waals surface area contributed by atoms with Gasteiger partial charge in [-0.05, 0) is 29.7 Å². The van der Waals surface area contributed by atoms with Crippen LogP contribution in [0, 0.1) is 10.1 Å². The third-order valence-corrected chi connectivity index (χ3v) is 4.23. The fourth-order valence-electron chi connectivity index (χ4n) is 2.60. The maximum atomic E-state index is 12.2. The van der Waals surface area contributed by atoms with Crippen LogP contribution in [0.25, 0.3) is 10.8 Å². The second-order valence-electron chi connectivity index (χ2n) is 5.53. The highest BCUT2D eigenvalue weighted by Gasteiger charge is 2.16. The first-order chi connectivity index (χ1) is 13.0. The van der Waals surface area contributed by atoms with Crippen LogP contribution >= 0.6 is 11.6 Å². The van der Waals surface area contributed by atoms with Gasteiger partial charge in [0.25, 0.3) is 11.6 Å². The Labute approximate surface area is 159 Å². The molecule has 8 heteroatoms. The van der Waals surface area contributed by atoms with Crippen molar-refractivity contribution < 1.29 is 14.5 Å². The number of rotatable bonds is 5. The summed E-state index contributed by atoms with van der Waals surface area (Å²) < 4.78 is 5.34. The number of methoxy groups -OCH3 is 1. The number of halogens is 1. The number of amides is 1. The molecule has 0 aliphatic rings. The Hall–Kier alpha value is -3.45. The molecule has 1 N–H and O–H groups in total. The van der Waals surface area contributed by atoms with Crippen molar-refractivity contribution in [1.29, 1.82) is 0 Å². The molecule has 0 radical (unpaired) electrons. The first-order valence-corrected chi connectivity index (χ1v) is 8.22. The molecule has 1 amide bonds. The van der Waals surface area contributed by atoms with Gasteiger partial charge in [0.15, 0.2) is 0 Å². The van der Waals surface area contributed by atoms with Crippen LogP contribution < -0.4 is 10.2 Å². The minimum atomic E-state index is -0.647. The minimum Gasteiger partial charge on any atom is -0.496 e. The minimum absolute atomic E-state index is 0.0373. The van der Waals surface area contributed by atoms with Crippen LogP contribution in [0.3, 0.4) is 0 Å². The molecule has 0 spiro atoms. The maximum absolute atomic E-state index is 12.2. The van der Waals surface area contributed by atoms with E-state index in [4.69, 9.17) is 16.3 Å². The summed E-state index contributed by atoms with van der Waals surface area (Å²) in [5.41, 5.74) is 2.89. The van der Waals surface area contributed by atoms with E-state index in [1.807, 2.05) is 36.4 Å². The first-order valence-electron chi connectivity index (χ1n) is 7.84. The van der Waals surface area contributed by atoms with Crippen LogP contribution in [0.2, 0.25) is 5.02 Å². The van der Waals surface area contributed by atoms with E-state index in [2.05, 4.69) is 10.5 Å². The molecule has 0 aromatic heterocycles. The van der Waals surface area contributed by atoms with E-state index >= 15 is 0 Å². The predicted octanol–water partition coefficient (Wildman–Crippen LogP) is 4.17. The van der Waals surface area contributed by atoms with E-state index in [0.717, 1.165) is 28.2 Å². The Morgan fingerprint density at radius 3 is 2.63 bits per heavy atom. The standard InChI is InChI=1S/C19H14ClN3O4/c1-27-18-9-7-13(14-4-2-3-5-15(14)18)11-21-22-19(24)12-6-8-16(20)17(10-12)23(25)26/h2-11H,1H3,(H,22,24)/b21-11+. The van der Waals surface area contributed by atoms with E-state index in [1.54, 1.807) is 7.11 Å². The molecule has 0 bridgehead atoms. The number of carbonyl (C=O) groups excluding carboxylic acids is 1. The molecule has 3 aromatic rings. The Morgan fingerprint density at radius 2 is 1.93 bits per heavy atom. The maximum Gasteiger partial charge on any atom is 0.288 e. The molecule has 0 fully saturated rings. The van der Waals surface area contributed by atoms with Crippen LogP contribution in [0.4, 0.5) is 5.69 Å². The lowest BCUT2D eigenvalue weighted by atomic mass is 10.0. The molecule has 3 rings (SSSR count). The monoisotopic (exact) mass is 383 g/mol. The molecule has 136 valence electrons. The predicted molar refractivity (Wildman–Crippen MR) is 104 cm³/mol. The summed E-state index contributed by atoms with van der Waals surface area (Å²) >= 11 is 5.75. The van der Waals surface area contributed by atoms with E-state index in [1.165, 1.54) is 18.3 Å². The van der Waals surface area contributed by atoms with Crippen molar-refractivity contribution in [3.8, 4) is 5.75 Å². The van der Waals surface area contributed by atoms with Crippen LogP contribution in [0.1, 0.15) is 15.9 Å². The highest BCUT2D eigenvalue weighted by Crippen LogP contribution is 2.27. The molecule has 0 unspecified atom stereocenters. The molecule has 0 aliphatic carbocycles. The number of hydrazone groups is 1. The summed E-state index contributed by atoms with van der Waals surface area (Å²) in [5, 5.41) is 16.7. The first kappa shape index (κ1) is 18.3. The van der Waals surface area contributed by atoms with Crippen LogP contribution in [0.15, 0.2) is 59.7 Å². The van der Waals surface area contributed by atoms with Gasteiger partial charge in [-0.3, -0.25) is 14.9 Å². The number of nitrogens with one attached hydrogen (secondary N) is 1. The largest absolute Gasteiger partial charge is 0.496 e. The molecule has 3 aromatic carbocycles. The number of hydrogen-bond donors (Lipinski definition) is 1. The van der Waals surface area contributed by atoms with Gasteiger partial charge in [-0.1, -0.05) is 35.9 Å². The van der Waals surface area contributed by atoms with Gasteiger partial charge in [-0.15, -0.1) is 0 Å². The summed E-state index contributed by atoms with van der Waals surface area (Å²) in [5.74, 6) is 0.157. The van der Waals surface area contributed by atoms with Gasteiger partial charge >= 0.3 is 0 Å². The van der Waals surface area contributed by atoms with Crippen molar-refractivity contribution in [2.75, 3.05) is 7.11 Å². The quantitative estimate of drug-likeness (QED) is 0.406. The zero-order valence-electron chi connectivity index (χ0n) is 14.2. The van der Waals surface area contributed by atoms with Crippen molar-refractivity contribution in [3.05, 3.63) is 80.9 Å². The van der Waals surface area contributed by atoms with Gasteiger partial charge in [0.2, 0.25) is 0 Å². The molecular formula is C19H14ClN3O4. The number of hydrogen-bond acceptors (Lipinski definition) is 5. The van der Waals surface area contributed by atoms with Gasteiger partial charge in [0.05, 0.1) is 18.2 Å². The summed E-state index contributed by atoms with van der Waals surface area (Å²) in [6.45, 7) is 0. The number of benzene rings is 3. The van der Waals surface area contributed by atoms with E-state index < -0.39 is 10.8 Å². The lowest BCUT2D eigenvalue weighted by Crippen LogP contribution is -2.17. The lowest BCUT2D eigenvalue weighted by Gasteiger charge is -2.07. The van der Waals surface area contributed by atoms with Crippen molar-refractivity contribution in [2.24, 2.45) is 5.10 Å². The summed E-state index contributed by atoms with van der Waals surface area (Å²) in [4.78, 5) is 22.4. The molecule has 0 aliphatic heterocycles. The molecule has 0 saturated heterocycles. The van der Waals surface area contributed by atoms with Crippen molar-refractivity contribution in [1.82, 2.24) is 5.43 Å². The van der Waals surface area contributed by atoms with Gasteiger partial charge in [0, 0.05) is 22.6 Å². The number of carbonyl (C=O) groups is 1. The summed E-state index contributed by atoms with van der Waals surface area (Å²) in [6.07, 6.45) is 1.50. The third kappa shape index (κ3) is 3.88. The van der Waals surface area contributed by atoms with Gasteiger partial charge in [0.1, 0.15) is 10.8 Å². The zero-order valence-corrected chi connectivity index (χ0v) is 14.9. The van der Waals surface area contributed by atoms with Crippen molar-refractivity contribution in [3.63, 3.8) is 0 Å². The van der Waals surface area contributed by atoms with E-state index in [-0.39, 0.29) is 16.3 Å². The van der Waals surface area contributed by atoms with E-state index in [9.17, 15) is 14.9 Å². The zero-order chi connectivity index (χ0) is 19.4. The Morgan fingerprint density at radius 1 is 1.19 bits per heavy atom. The average Bonchev–Trinajstić information content (AvgIpc) is 2.68. The highest BCUT2D eigenvalue weighted by atomic mass is 35.5. The SMILES string of the molecule is COc1ccc(/C=N/NC(=O)c2ccc(Cl)c([N+](=O)[O-])c2)c2ccccc12. The topological polar surface area (TPSA) is 93.8 Å². The highest BCUT2D eigenvalue weighted by molar-refractivity contribution is 6.32. The van der Waals surface area contributed by atoms with Gasteiger partial charge < -0.3 is 4.74 Å².